The summed E-state index contributed by atoms with van der Waals surface area (Å²) >= 11 is 0. The Kier molecular flexibility index (Phi) is 3.68. The molecule has 3 nitrogen and oxygen atoms in total. The van der Waals surface area contributed by atoms with Crippen LogP contribution < -0.4 is 0 Å². The molecule has 0 saturated heterocycles. The van der Waals surface area contributed by atoms with Crippen molar-refractivity contribution < 1.29 is 4.79 Å². The van der Waals surface area contributed by atoms with E-state index in [0.717, 1.165) is 25.2 Å². The lowest BCUT2D eigenvalue weighted by molar-refractivity contribution is -0.117. The summed E-state index contributed by atoms with van der Waals surface area (Å²) < 4.78 is 2.11. The SMILES string of the molecule is CCn1ccnc1CCCC(C)=O. The van der Waals surface area contributed by atoms with Crippen molar-refractivity contribution in [2.24, 2.45) is 0 Å². The maximum atomic E-state index is 10.7. The Morgan fingerprint density at radius 2 is 2.38 bits per heavy atom. The summed E-state index contributed by atoms with van der Waals surface area (Å²) in [7, 11) is 0. The number of carbonyl (C=O) groups is 1. The quantitative estimate of drug-likeness (QED) is 0.692. The number of hydrogen-bond acceptors (Lipinski definition) is 2. The number of ketones is 1. The minimum Gasteiger partial charge on any atom is -0.335 e. The van der Waals surface area contributed by atoms with Crippen molar-refractivity contribution in [3.63, 3.8) is 0 Å². The second kappa shape index (κ2) is 4.80. The van der Waals surface area contributed by atoms with Gasteiger partial charge < -0.3 is 9.36 Å². The smallest absolute Gasteiger partial charge is 0.129 e. The van der Waals surface area contributed by atoms with E-state index in [4.69, 9.17) is 0 Å². The van der Waals surface area contributed by atoms with Crippen LogP contribution in [-0.2, 0) is 17.8 Å². The first kappa shape index (κ1) is 9.96. The van der Waals surface area contributed by atoms with Crippen molar-refractivity contribution in [1.82, 2.24) is 9.55 Å². The van der Waals surface area contributed by atoms with Crippen LogP contribution in [0.5, 0.6) is 0 Å². The number of carbonyl (C=O) groups excluding carboxylic acids is 1. The molecule has 0 fully saturated rings. The molecule has 0 radical (unpaired) electrons. The Morgan fingerprint density at radius 1 is 1.62 bits per heavy atom. The fourth-order valence-corrected chi connectivity index (χ4v) is 1.35. The third-order valence-corrected chi connectivity index (χ3v) is 2.07. The van der Waals surface area contributed by atoms with Crippen LogP contribution in [0.15, 0.2) is 12.4 Å². The van der Waals surface area contributed by atoms with Crippen molar-refractivity contribution >= 4 is 5.78 Å². The second-order valence-electron chi connectivity index (χ2n) is 3.19. The highest BCUT2D eigenvalue weighted by Gasteiger charge is 2.01. The molecule has 0 aliphatic carbocycles. The molecular formula is C10H16N2O. The Bertz CT molecular complexity index is 278. The molecule has 3 heteroatoms. The summed E-state index contributed by atoms with van der Waals surface area (Å²) in [6, 6.07) is 0. The molecule has 0 amide bonds. The molecule has 0 unspecified atom stereocenters. The molecule has 0 bridgehead atoms. The minimum atomic E-state index is 0.259. The highest BCUT2D eigenvalue weighted by Crippen LogP contribution is 2.03. The van der Waals surface area contributed by atoms with Gasteiger partial charge in [0.05, 0.1) is 0 Å². The van der Waals surface area contributed by atoms with Gasteiger partial charge in [-0.1, -0.05) is 0 Å². The molecule has 0 aromatic carbocycles. The predicted octanol–water partition coefficient (Wildman–Crippen LogP) is 1.81. The molecule has 0 spiro atoms. The van der Waals surface area contributed by atoms with Gasteiger partial charge in [0.2, 0.25) is 0 Å². The molecule has 1 rings (SSSR count). The van der Waals surface area contributed by atoms with Crippen molar-refractivity contribution in [2.75, 3.05) is 0 Å². The van der Waals surface area contributed by atoms with Crippen LogP contribution in [0.4, 0.5) is 0 Å². The lowest BCUT2D eigenvalue weighted by atomic mass is 10.2. The zero-order chi connectivity index (χ0) is 9.68. The number of nitrogens with zero attached hydrogens (tertiary/aromatic N) is 2. The van der Waals surface area contributed by atoms with Gasteiger partial charge in [0.1, 0.15) is 11.6 Å². The summed E-state index contributed by atoms with van der Waals surface area (Å²) in [5, 5.41) is 0. The first-order valence-corrected chi connectivity index (χ1v) is 4.73. The van der Waals surface area contributed by atoms with E-state index in [1.165, 1.54) is 0 Å². The van der Waals surface area contributed by atoms with Gasteiger partial charge in [0, 0.05) is 31.8 Å². The molecule has 1 aromatic heterocycles. The highest BCUT2D eigenvalue weighted by atomic mass is 16.1. The topological polar surface area (TPSA) is 34.9 Å². The number of aromatic nitrogens is 2. The molecule has 0 aliphatic heterocycles. The zero-order valence-electron chi connectivity index (χ0n) is 8.29. The fourth-order valence-electron chi connectivity index (χ4n) is 1.35. The van der Waals surface area contributed by atoms with Gasteiger partial charge in [-0.2, -0.15) is 0 Å². The number of hydrogen-bond donors (Lipinski definition) is 0. The number of rotatable bonds is 5. The predicted molar refractivity (Wildman–Crippen MR) is 51.5 cm³/mol. The standard InChI is InChI=1S/C10H16N2O/c1-3-12-8-7-11-10(12)6-4-5-9(2)13/h7-8H,3-6H2,1-2H3. The van der Waals surface area contributed by atoms with Crippen LogP contribution in [-0.4, -0.2) is 15.3 Å². The molecule has 1 heterocycles. The average Bonchev–Trinajstić information content (AvgIpc) is 2.51. The van der Waals surface area contributed by atoms with Crippen molar-refractivity contribution in [3.05, 3.63) is 18.2 Å². The summed E-state index contributed by atoms with van der Waals surface area (Å²) in [5.74, 6) is 1.35. The molecule has 0 saturated carbocycles. The zero-order valence-corrected chi connectivity index (χ0v) is 8.29. The first-order chi connectivity index (χ1) is 6.24. The van der Waals surface area contributed by atoms with E-state index in [1.807, 2.05) is 12.4 Å². The summed E-state index contributed by atoms with van der Waals surface area (Å²) in [6.45, 7) is 4.68. The van der Waals surface area contributed by atoms with Gasteiger partial charge in [0.25, 0.3) is 0 Å². The lowest BCUT2D eigenvalue weighted by Gasteiger charge is -2.02. The lowest BCUT2D eigenvalue weighted by Crippen LogP contribution is -2.02. The van der Waals surface area contributed by atoms with Gasteiger partial charge in [-0.3, -0.25) is 0 Å². The maximum absolute atomic E-state index is 10.7. The Hall–Kier alpha value is -1.12. The van der Waals surface area contributed by atoms with E-state index in [9.17, 15) is 4.79 Å². The number of aryl methyl sites for hydroxylation is 2. The minimum absolute atomic E-state index is 0.259. The van der Waals surface area contributed by atoms with E-state index >= 15 is 0 Å². The van der Waals surface area contributed by atoms with Gasteiger partial charge in [0.15, 0.2) is 0 Å². The van der Waals surface area contributed by atoms with Crippen LogP contribution in [0.1, 0.15) is 32.5 Å². The Labute approximate surface area is 78.8 Å². The summed E-state index contributed by atoms with van der Waals surface area (Å²) in [4.78, 5) is 14.9. The van der Waals surface area contributed by atoms with Crippen LogP contribution in [0.3, 0.4) is 0 Å². The molecule has 0 N–H and O–H groups in total. The monoisotopic (exact) mass is 180 g/mol. The fraction of sp³-hybridized carbons (Fsp3) is 0.600. The average molecular weight is 180 g/mol. The Morgan fingerprint density at radius 3 is 3.00 bits per heavy atom. The van der Waals surface area contributed by atoms with Crippen molar-refractivity contribution in [1.29, 1.82) is 0 Å². The third-order valence-electron chi connectivity index (χ3n) is 2.07. The molecule has 0 atom stereocenters. The van der Waals surface area contributed by atoms with E-state index in [0.29, 0.717) is 6.42 Å². The summed E-state index contributed by atoms with van der Waals surface area (Å²) in [5.41, 5.74) is 0. The van der Waals surface area contributed by atoms with Crippen LogP contribution in [0, 0.1) is 0 Å². The van der Waals surface area contributed by atoms with E-state index in [-0.39, 0.29) is 5.78 Å². The van der Waals surface area contributed by atoms with Gasteiger partial charge in [-0.25, -0.2) is 4.98 Å². The summed E-state index contributed by atoms with van der Waals surface area (Å²) in [6.07, 6.45) is 6.26. The normalized spacial score (nSPS) is 10.3. The Balaban J connectivity index is 2.40. The molecular weight excluding hydrogens is 164 g/mol. The molecule has 1 aromatic rings. The van der Waals surface area contributed by atoms with Crippen molar-refractivity contribution in [2.45, 2.75) is 39.7 Å². The molecule has 72 valence electrons. The maximum Gasteiger partial charge on any atom is 0.129 e. The van der Waals surface area contributed by atoms with Gasteiger partial charge in [-0.15, -0.1) is 0 Å². The van der Waals surface area contributed by atoms with E-state index in [2.05, 4.69) is 16.5 Å². The molecule has 0 aliphatic rings. The number of imidazole rings is 1. The second-order valence-corrected chi connectivity index (χ2v) is 3.19. The molecule has 13 heavy (non-hydrogen) atoms. The number of Topliss-reactive ketones (excluding diaryl/α,β-unsaturated/α-hetero) is 1. The van der Waals surface area contributed by atoms with Crippen LogP contribution in [0.25, 0.3) is 0 Å². The van der Waals surface area contributed by atoms with E-state index < -0.39 is 0 Å². The highest BCUT2D eigenvalue weighted by molar-refractivity contribution is 5.75. The van der Waals surface area contributed by atoms with Gasteiger partial charge in [-0.05, 0) is 20.3 Å². The first-order valence-electron chi connectivity index (χ1n) is 4.73. The van der Waals surface area contributed by atoms with Gasteiger partial charge >= 0.3 is 0 Å². The van der Waals surface area contributed by atoms with Crippen molar-refractivity contribution in [3.8, 4) is 0 Å². The van der Waals surface area contributed by atoms with E-state index in [1.54, 1.807) is 6.92 Å². The van der Waals surface area contributed by atoms with Crippen LogP contribution >= 0.6 is 0 Å². The van der Waals surface area contributed by atoms with Crippen LogP contribution in [0.2, 0.25) is 0 Å². The third kappa shape index (κ3) is 3.01. The largest absolute Gasteiger partial charge is 0.335 e.